The van der Waals surface area contributed by atoms with Crippen molar-refractivity contribution in [3.05, 3.63) is 101 Å². The lowest BCUT2D eigenvalue weighted by molar-refractivity contribution is -0.441. The number of hydrogen-bond donors (Lipinski definition) is 3. The Morgan fingerprint density at radius 3 is 1.88 bits per heavy atom. The summed E-state index contributed by atoms with van der Waals surface area (Å²) in [6, 6.07) is 10.6. The molecule has 3 N–H and O–H groups in total. The smallest absolute Gasteiger partial charge is 0.330 e. The van der Waals surface area contributed by atoms with Crippen LogP contribution in [-0.2, 0) is 48.2 Å². The van der Waals surface area contributed by atoms with E-state index in [1.165, 1.54) is 12.1 Å². The average molecular weight is 864 g/mol. The van der Waals surface area contributed by atoms with Crippen LogP contribution in [0.25, 0.3) is 0 Å². The fourth-order valence-electron chi connectivity index (χ4n) is 7.89. The second-order valence-corrected chi connectivity index (χ2v) is 20.3. The van der Waals surface area contributed by atoms with Gasteiger partial charge in [0.1, 0.15) is 6.61 Å². The van der Waals surface area contributed by atoms with Gasteiger partial charge in [0, 0.05) is 41.1 Å². The van der Waals surface area contributed by atoms with Crippen LogP contribution in [0.1, 0.15) is 71.1 Å². The second-order valence-electron chi connectivity index (χ2n) is 14.5. The summed E-state index contributed by atoms with van der Waals surface area (Å²) in [4.78, 5) is 1.83. The van der Waals surface area contributed by atoms with Crippen LogP contribution in [0, 0.1) is 6.92 Å². The van der Waals surface area contributed by atoms with Crippen molar-refractivity contribution in [2.75, 3.05) is 70.0 Å². The van der Waals surface area contributed by atoms with E-state index in [1.807, 2.05) is 67.0 Å². The zero-order valence-corrected chi connectivity index (χ0v) is 37.4. The van der Waals surface area contributed by atoms with E-state index in [0.29, 0.717) is 24.2 Å². The van der Waals surface area contributed by atoms with Gasteiger partial charge in [0.05, 0.1) is 55.7 Å². The SMILES string of the molecule is CCOP(=O)(CC[C@@]1(C)C(C=CC=CC=CC=C2N(CCO)c3ccc(C)cc3[C@]2(C)CCP(=O)(OCC)OCC)=[N+](CCO)c2ccc(S(=O)(=O)O)cc21)OCC. The van der Waals surface area contributed by atoms with Crippen LogP contribution in [0.4, 0.5) is 11.4 Å². The Bertz CT molecular complexity index is 2110. The summed E-state index contributed by atoms with van der Waals surface area (Å²) < 4.78 is 85.9. The van der Waals surface area contributed by atoms with E-state index in [9.17, 15) is 32.3 Å². The molecular weight excluding hydrogens is 802 g/mol. The number of aliphatic hydroxyl groups is 2. The van der Waals surface area contributed by atoms with Crippen molar-refractivity contribution >= 4 is 42.4 Å². The highest BCUT2D eigenvalue weighted by Crippen LogP contribution is 2.56. The highest BCUT2D eigenvalue weighted by atomic mass is 32.2. The molecule has 4 rings (SSSR count). The van der Waals surface area contributed by atoms with Crippen LogP contribution in [0.15, 0.2) is 89.5 Å². The summed E-state index contributed by atoms with van der Waals surface area (Å²) >= 11 is 0. The predicted octanol–water partition coefficient (Wildman–Crippen LogP) is 8.23. The molecule has 0 saturated heterocycles. The van der Waals surface area contributed by atoms with Gasteiger partial charge in [-0.25, -0.2) is 0 Å². The van der Waals surface area contributed by atoms with Gasteiger partial charge < -0.3 is 33.2 Å². The summed E-state index contributed by atoms with van der Waals surface area (Å²) in [7, 11) is -11.4. The Kier molecular flexibility index (Phi) is 16.9. The molecule has 2 aliphatic heterocycles. The average Bonchev–Trinajstić information content (AvgIpc) is 3.53. The van der Waals surface area contributed by atoms with Crippen LogP contribution in [-0.4, -0.2) is 98.5 Å². The first-order chi connectivity index (χ1) is 27.5. The maximum Gasteiger partial charge on any atom is 0.330 e. The van der Waals surface area contributed by atoms with Crippen molar-refractivity contribution in [1.29, 1.82) is 0 Å². The molecule has 0 spiro atoms. The number of hydrogen-bond acceptors (Lipinski definition) is 11. The molecule has 0 fully saturated rings. The van der Waals surface area contributed by atoms with Crippen molar-refractivity contribution in [2.24, 2.45) is 0 Å². The van der Waals surface area contributed by atoms with E-state index in [0.717, 1.165) is 28.2 Å². The molecule has 2 aromatic rings. The lowest BCUT2D eigenvalue weighted by Crippen LogP contribution is -2.33. The van der Waals surface area contributed by atoms with E-state index < -0.39 is 36.1 Å². The molecule has 0 bridgehead atoms. The zero-order chi connectivity index (χ0) is 42.8. The van der Waals surface area contributed by atoms with Gasteiger partial charge in [0.25, 0.3) is 10.1 Å². The number of nitrogens with zero attached hydrogens (tertiary/aromatic N) is 2. The standard InChI is InChI=1S/C42H60N2O11P2S/c1-8-52-56(47,53-9-2)29-23-41(6)35-31-33(5)19-21-37(35)43(25-27-45)39(41)17-15-13-12-14-16-18-40-42(7,24-30-57(48,54-10-3)55-11-4)36-32-34(58(49,50)51)20-22-38(36)44(40)26-28-46/h12-22,31-32,45-46H,8-11,23-30H2,1-7H3/p+1/t41-,42+/m0/s1. The van der Waals surface area contributed by atoms with E-state index >= 15 is 0 Å². The van der Waals surface area contributed by atoms with Crippen molar-refractivity contribution < 1.29 is 55.0 Å². The Morgan fingerprint density at radius 1 is 0.759 bits per heavy atom. The van der Waals surface area contributed by atoms with Gasteiger partial charge in [-0.15, -0.1) is 0 Å². The molecule has 0 unspecified atom stereocenters. The first-order valence-corrected chi connectivity index (χ1v) is 24.7. The van der Waals surface area contributed by atoms with Crippen LogP contribution in [0.3, 0.4) is 0 Å². The van der Waals surface area contributed by atoms with E-state index in [1.54, 1.807) is 33.8 Å². The van der Waals surface area contributed by atoms with E-state index in [2.05, 4.69) is 24.0 Å². The largest absolute Gasteiger partial charge is 0.395 e. The molecule has 58 heavy (non-hydrogen) atoms. The Hall–Kier alpha value is -3.00. The second kappa shape index (κ2) is 20.5. The molecule has 2 heterocycles. The fourth-order valence-corrected chi connectivity index (χ4v) is 12.1. The van der Waals surface area contributed by atoms with E-state index in [4.69, 9.17) is 18.1 Å². The van der Waals surface area contributed by atoms with Crippen LogP contribution >= 0.6 is 15.2 Å². The molecule has 0 saturated carbocycles. The lowest BCUT2D eigenvalue weighted by atomic mass is 9.77. The third-order valence-electron chi connectivity index (χ3n) is 10.6. The maximum absolute atomic E-state index is 13.6. The molecule has 2 aromatic carbocycles. The topological polar surface area (TPSA) is 172 Å². The Labute approximate surface area is 344 Å². The minimum atomic E-state index is -4.53. The van der Waals surface area contributed by atoms with Gasteiger partial charge in [-0.1, -0.05) is 48.1 Å². The monoisotopic (exact) mass is 863 g/mol. The number of aryl methyl sites for hydroxylation is 1. The number of fused-ring (bicyclic) bond motifs is 2. The van der Waals surface area contributed by atoms with Gasteiger partial charge in [0.2, 0.25) is 5.69 Å². The predicted molar refractivity (Wildman–Crippen MR) is 230 cm³/mol. The summed E-state index contributed by atoms with van der Waals surface area (Å²) in [6.07, 6.45) is 14.2. The molecule has 2 atom stereocenters. The Morgan fingerprint density at radius 2 is 1.33 bits per heavy atom. The van der Waals surface area contributed by atoms with Crippen molar-refractivity contribution in [3.63, 3.8) is 0 Å². The Balaban J connectivity index is 1.70. The fraction of sp³-hybridized carbons (Fsp3) is 0.500. The molecular formula is C42H61N2O11P2S+. The third kappa shape index (κ3) is 10.8. The third-order valence-corrected chi connectivity index (χ3v) is 15.6. The summed E-state index contributed by atoms with van der Waals surface area (Å²) in [5.41, 5.74) is 4.59. The number of aliphatic hydroxyl groups excluding tert-OH is 2. The molecule has 0 aliphatic carbocycles. The molecule has 2 aliphatic rings. The number of allylic oxidation sites excluding steroid dienone is 8. The minimum absolute atomic E-state index is 0.0444. The number of rotatable bonds is 23. The van der Waals surface area contributed by atoms with Gasteiger partial charge in [-0.3, -0.25) is 13.7 Å². The highest BCUT2D eigenvalue weighted by molar-refractivity contribution is 7.85. The van der Waals surface area contributed by atoms with Crippen molar-refractivity contribution in [2.45, 2.75) is 77.0 Å². The zero-order valence-electron chi connectivity index (χ0n) is 34.8. The van der Waals surface area contributed by atoms with Gasteiger partial charge in [0.15, 0.2) is 12.3 Å². The highest BCUT2D eigenvalue weighted by Gasteiger charge is 2.49. The first-order valence-electron chi connectivity index (χ1n) is 19.9. The molecule has 13 nitrogen and oxygen atoms in total. The number of anilines is 1. The summed E-state index contributed by atoms with van der Waals surface area (Å²) in [6.45, 7) is 14.4. The van der Waals surface area contributed by atoms with Crippen LogP contribution in [0.5, 0.6) is 0 Å². The molecule has 16 heteroatoms. The van der Waals surface area contributed by atoms with Crippen molar-refractivity contribution in [1.82, 2.24) is 0 Å². The summed E-state index contributed by atoms with van der Waals surface area (Å²) in [5, 5.41) is 20.2. The lowest BCUT2D eigenvalue weighted by Gasteiger charge is -2.31. The number of β-amino-alcohol motifs (C(OH)–C–C–N with tert-alkyl or cyclic N) is 2. The summed E-state index contributed by atoms with van der Waals surface area (Å²) in [5.74, 6) is 0. The normalized spacial score (nSPS) is 20.8. The van der Waals surface area contributed by atoms with Crippen molar-refractivity contribution in [3.8, 4) is 0 Å². The molecule has 0 radical (unpaired) electrons. The van der Waals surface area contributed by atoms with Crippen LogP contribution < -0.4 is 4.90 Å². The quantitative estimate of drug-likeness (QED) is 0.0424. The first kappa shape index (κ1) is 47.7. The number of benzene rings is 2. The van der Waals surface area contributed by atoms with Gasteiger partial charge >= 0.3 is 15.2 Å². The molecule has 320 valence electrons. The van der Waals surface area contributed by atoms with Crippen LogP contribution in [0.2, 0.25) is 0 Å². The van der Waals surface area contributed by atoms with E-state index in [-0.39, 0.29) is 69.8 Å². The molecule has 0 aromatic heterocycles. The molecule has 0 amide bonds. The van der Waals surface area contributed by atoms with Gasteiger partial charge in [-0.05, 0) is 91.1 Å². The maximum atomic E-state index is 13.6. The minimum Gasteiger partial charge on any atom is -0.395 e. The van der Waals surface area contributed by atoms with Gasteiger partial charge in [-0.2, -0.15) is 13.0 Å².